The minimum atomic E-state index is -0.281. The van der Waals surface area contributed by atoms with Gasteiger partial charge in [0.05, 0.1) is 33.9 Å². The number of hydrogen-bond donors (Lipinski definition) is 1. The third-order valence-electron chi connectivity index (χ3n) is 6.06. The molecule has 0 aliphatic carbocycles. The Morgan fingerprint density at radius 3 is 2.23 bits per heavy atom. The molecule has 0 aromatic heterocycles. The Hall–Kier alpha value is -2.48. The topological polar surface area (TPSA) is 72.8 Å². The standard InChI is InChI=1S/C22H33N3O5/c1-4-30-22(27)25-13-11-24(12-14-25)21(26)18-7-9-23(10-8-18)16-17-5-6-19(28-2)20(15-17)29-3/h5-6,15,18H,4,7-14,16H2,1-3H3/p+1. The number of likely N-dealkylation sites (tertiary alicyclic amines) is 1. The number of nitrogens with zero attached hydrogens (tertiary/aromatic N) is 2. The molecule has 8 heteroatoms. The zero-order valence-corrected chi connectivity index (χ0v) is 18.3. The van der Waals surface area contributed by atoms with Crippen LogP contribution in [0.1, 0.15) is 25.3 Å². The molecule has 8 nitrogen and oxygen atoms in total. The molecule has 1 aromatic carbocycles. The van der Waals surface area contributed by atoms with Gasteiger partial charge in [-0.3, -0.25) is 4.79 Å². The molecule has 30 heavy (non-hydrogen) atoms. The maximum Gasteiger partial charge on any atom is 0.409 e. The number of carbonyl (C=O) groups is 2. The van der Waals surface area contributed by atoms with Crippen LogP contribution in [0.4, 0.5) is 4.79 Å². The fourth-order valence-electron chi connectivity index (χ4n) is 4.31. The second-order valence-electron chi connectivity index (χ2n) is 7.90. The van der Waals surface area contributed by atoms with Crippen LogP contribution in [0.25, 0.3) is 0 Å². The van der Waals surface area contributed by atoms with Crippen LogP contribution in [0.5, 0.6) is 11.5 Å². The summed E-state index contributed by atoms with van der Waals surface area (Å²) in [5, 5.41) is 0. The van der Waals surface area contributed by atoms with Crippen molar-refractivity contribution in [1.82, 2.24) is 9.80 Å². The molecule has 2 saturated heterocycles. The first kappa shape index (κ1) is 22.2. The van der Waals surface area contributed by atoms with Gasteiger partial charge < -0.3 is 28.9 Å². The van der Waals surface area contributed by atoms with E-state index in [1.165, 1.54) is 10.5 Å². The number of ether oxygens (including phenoxy) is 3. The number of piperazine rings is 1. The van der Waals surface area contributed by atoms with Crippen molar-refractivity contribution in [2.24, 2.45) is 5.92 Å². The van der Waals surface area contributed by atoms with Gasteiger partial charge in [-0.1, -0.05) is 0 Å². The zero-order chi connectivity index (χ0) is 21.5. The molecular formula is C22H34N3O5+. The lowest BCUT2D eigenvalue weighted by atomic mass is 9.94. The van der Waals surface area contributed by atoms with E-state index in [0.29, 0.717) is 32.8 Å². The first-order valence-corrected chi connectivity index (χ1v) is 10.8. The molecule has 166 valence electrons. The van der Waals surface area contributed by atoms with Crippen molar-refractivity contribution in [1.29, 1.82) is 0 Å². The first-order chi connectivity index (χ1) is 14.5. The molecule has 0 bridgehead atoms. The summed E-state index contributed by atoms with van der Waals surface area (Å²) in [5.74, 6) is 1.82. The second-order valence-corrected chi connectivity index (χ2v) is 7.90. The van der Waals surface area contributed by atoms with Gasteiger partial charge in [-0.05, 0) is 25.1 Å². The van der Waals surface area contributed by atoms with Gasteiger partial charge in [0.25, 0.3) is 0 Å². The molecule has 2 aliphatic heterocycles. The van der Waals surface area contributed by atoms with E-state index in [1.54, 1.807) is 26.0 Å². The van der Waals surface area contributed by atoms with Crippen molar-refractivity contribution in [3.63, 3.8) is 0 Å². The summed E-state index contributed by atoms with van der Waals surface area (Å²) in [6.45, 7) is 7.34. The molecule has 2 heterocycles. The second kappa shape index (κ2) is 10.5. The number of rotatable bonds is 6. The van der Waals surface area contributed by atoms with E-state index < -0.39 is 0 Å². The van der Waals surface area contributed by atoms with E-state index in [9.17, 15) is 9.59 Å². The summed E-state index contributed by atoms with van der Waals surface area (Å²) in [6, 6.07) is 6.06. The van der Waals surface area contributed by atoms with Crippen molar-refractivity contribution in [3.8, 4) is 11.5 Å². The maximum absolute atomic E-state index is 12.9. The summed E-state index contributed by atoms with van der Waals surface area (Å²) in [5.41, 5.74) is 1.21. The lowest BCUT2D eigenvalue weighted by Gasteiger charge is -2.37. The van der Waals surface area contributed by atoms with Crippen LogP contribution in [0.15, 0.2) is 18.2 Å². The van der Waals surface area contributed by atoms with Gasteiger partial charge in [-0.15, -0.1) is 0 Å². The Labute approximate surface area is 178 Å². The number of nitrogens with one attached hydrogen (secondary N) is 1. The molecule has 0 unspecified atom stereocenters. The van der Waals surface area contributed by atoms with E-state index in [1.807, 2.05) is 17.0 Å². The maximum atomic E-state index is 12.9. The Morgan fingerprint density at radius 1 is 1.00 bits per heavy atom. The molecule has 3 rings (SSSR count). The van der Waals surface area contributed by atoms with Gasteiger partial charge in [0.15, 0.2) is 11.5 Å². The lowest BCUT2D eigenvalue weighted by Crippen LogP contribution is -3.11. The van der Waals surface area contributed by atoms with E-state index in [0.717, 1.165) is 44.0 Å². The highest BCUT2D eigenvalue weighted by atomic mass is 16.6. The molecular weight excluding hydrogens is 386 g/mol. The Morgan fingerprint density at radius 2 is 1.63 bits per heavy atom. The minimum absolute atomic E-state index is 0.0910. The third kappa shape index (κ3) is 5.36. The third-order valence-corrected chi connectivity index (χ3v) is 6.06. The Bertz CT molecular complexity index is 725. The molecule has 1 aromatic rings. The fraction of sp³-hybridized carbons (Fsp3) is 0.636. The largest absolute Gasteiger partial charge is 0.493 e. The number of methoxy groups -OCH3 is 2. The van der Waals surface area contributed by atoms with Crippen LogP contribution in [0, 0.1) is 5.92 Å². The van der Waals surface area contributed by atoms with Gasteiger partial charge in [0.1, 0.15) is 6.54 Å². The Kier molecular flexibility index (Phi) is 7.79. The van der Waals surface area contributed by atoms with Crippen LogP contribution < -0.4 is 14.4 Å². The summed E-state index contributed by atoms with van der Waals surface area (Å²) in [4.78, 5) is 29.8. The van der Waals surface area contributed by atoms with Crippen LogP contribution in [0.3, 0.4) is 0 Å². The van der Waals surface area contributed by atoms with Crippen molar-refractivity contribution in [3.05, 3.63) is 23.8 Å². The first-order valence-electron chi connectivity index (χ1n) is 10.8. The normalized spacial score (nSPS) is 21.8. The molecule has 2 fully saturated rings. The van der Waals surface area contributed by atoms with Gasteiger partial charge in [0, 0.05) is 50.5 Å². The van der Waals surface area contributed by atoms with Gasteiger partial charge in [-0.2, -0.15) is 0 Å². The Balaban J connectivity index is 1.45. The van der Waals surface area contributed by atoms with Crippen molar-refractivity contribution in [2.75, 3.05) is 60.1 Å². The van der Waals surface area contributed by atoms with E-state index >= 15 is 0 Å². The van der Waals surface area contributed by atoms with Gasteiger partial charge >= 0.3 is 6.09 Å². The minimum Gasteiger partial charge on any atom is -0.493 e. The summed E-state index contributed by atoms with van der Waals surface area (Å²) < 4.78 is 15.8. The molecule has 0 saturated carbocycles. The summed E-state index contributed by atoms with van der Waals surface area (Å²) in [6.07, 6.45) is 1.52. The quantitative estimate of drug-likeness (QED) is 0.737. The molecule has 0 atom stereocenters. The van der Waals surface area contributed by atoms with Crippen molar-refractivity contribution >= 4 is 12.0 Å². The van der Waals surface area contributed by atoms with E-state index in [4.69, 9.17) is 14.2 Å². The lowest BCUT2D eigenvalue weighted by molar-refractivity contribution is -0.919. The van der Waals surface area contributed by atoms with Gasteiger partial charge in [0.2, 0.25) is 5.91 Å². The highest BCUT2D eigenvalue weighted by molar-refractivity contribution is 5.79. The van der Waals surface area contributed by atoms with Crippen molar-refractivity contribution in [2.45, 2.75) is 26.3 Å². The molecule has 1 N–H and O–H groups in total. The smallest absolute Gasteiger partial charge is 0.409 e. The highest BCUT2D eigenvalue weighted by Crippen LogP contribution is 2.27. The summed E-state index contributed by atoms with van der Waals surface area (Å²) in [7, 11) is 3.29. The van der Waals surface area contributed by atoms with Crippen LogP contribution in [-0.4, -0.2) is 81.9 Å². The molecule has 2 aliphatic rings. The van der Waals surface area contributed by atoms with Gasteiger partial charge in [-0.25, -0.2) is 4.79 Å². The molecule has 0 radical (unpaired) electrons. The monoisotopic (exact) mass is 420 g/mol. The number of quaternary nitrogens is 1. The molecule has 2 amide bonds. The van der Waals surface area contributed by atoms with Crippen LogP contribution >= 0.6 is 0 Å². The SMILES string of the molecule is CCOC(=O)N1CCN(C(=O)C2CC[NH+](Cc3ccc(OC)c(OC)c3)CC2)CC1. The molecule has 0 spiro atoms. The van der Waals surface area contributed by atoms with E-state index in [-0.39, 0.29) is 17.9 Å². The number of hydrogen-bond acceptors (Lipinski definition) is 5. The number of amides is 2. The average molecular weight is 421 g/mol. The van der Waals surface area contributed by atoms with Crippen LogP contribution in [0.2, 0.25) is 0 Å². The zero-order valence-electron chi connectivity index (χ0n) is 18.3. The average Bonchev–Trinajstić information content (AvgIpc) is 2.79. The summed E-state index contributed by atoms with van der Waals surface area (Å²) >= 11 is 0. The number of benzene rings is 1. The van der Waals surface area contributed by atoms with Crippen LogP contribution in [-0.2, 0) is 16.1 Å². The fourth-order valence-corrected chi connectivity index (χ4v) is 4.31. The van der Waals surface area contributed by atoms with Crippen molar-refractivity contribution < 1.29 is 28.7 Å². The predicted molar refractivity (Wildman–Crippen MR) is 112 cm³/mol. The highest BCUT2D eigenvalue weighted by Gasteiger charge is 2.33. The predicted octanol–water partition coefficient (Wildman–Crippen LogP) is 0.799. The number of carbonyl (C=O) groups excluding carboxylic acids is 2. The number of piperidine rings is 1. The van der Waals surface area contributed by atoms with E-state index in [2.05, 4.69) is 6.07 Å².